The molecule has 0 N–H and O–H groups in total. The van der Waals surface area contributed by atoms with Crippen LogP contribution in [-0.2, 0) is 5.41 Å². The van der Waals surface area contributed by atoms with Gasteiger partial charge in [0.1, 0.15) is 0 Å². The molecule has 2 heteroatoms. The summed E-state index contributed by atoms with van der Waals surface area (Å²) >= 11 is 0. The smallest absolute Gasteiger partial charge is 0.0775 e. The van der Waals surface area contributed by atoms with Crippen molar-refractivity contribution in [2.75, 3.05) is 4.90 Å². The van der Waals surface area contributed by atoms with Gasteiger partial charge < -0.3 is 4.90 Å². The molecule has 0 aromatic heterocycles. The molecule has 1 nitrogen and oxygen atoms in total. The van der Waals surface area contributed by atoms with Gasteiger partial charge in [0.05, 0.1) is 13.5 Å². The number of hydrogen-bond donors (Lipinski definition) is 0. The molecule has 0 unspecified atom stereocenters. The molecule has 8 aromatic carbocycles. The van der Waals surface area contributed by atoms with Gasteiger partial charge in [-0.05, 0) is 92.0 Å². The van der Waals surface area contributed by atoms with Gasteiger partial charge in [0.2, 0.25) is 0 Å². The minimum Gasteiger partial charge on any atom is -0.310 e. The molecular formula is C52H43NSi. The molecule has 0 spiro atoms. The molecule has 0 saturated heterocycles. The third kappa shape index (κ3) is 5.80. The van der Waals surface area contributed by atoms with Crippen LogP contribution in [0.3, 0.4) is 0 Å². The lowest BCUT2D eigenvalue weighted by molar-refractivity contribution is 0.768. The predicted octanol–water partition coefficient (Wildman–Crippen LogP) is 13.4. The fourth-order valence-corrected chi connectivity index (χ4v) is 9.58. The highest BCUT2D eigenvalue weighted by atomic mass is 28.3. The zero-order valence-corrected chi connectivity index (χ0v) is 32.1. The van der Waals surface area contributed by atoms with E-state index in [2.05, 4.69) is 231 Å². The minimum absolute atomic E-state index is 0.473. The van der Waals surface area contributed by atoms with Crippen LogP contribution in [0.1, 0.15) is 22.3 Å². The van der Waals surface area contributed by atoms with Gasteiger partial charge in [-0.2, -0.15) is 0 Å². The number of benzene rings is 8. The van der Waals surface area contributed by atoms with E-state index >= 15 is 0 Å². The molecule has 0 bridgehead atoms. The van der Waals surface area contributed by atoms with Crippen molar-refractivity contribution in [1.29, 1.82) is 0 Å². The zero-order valence-electron chi connectivity index (χ0n) is 31.1. The second-order valence-corrected chi connectivity index (χ2v) is 20.5. The summed E-state index contributed by atoms with van der Waals surface area (Å²) in [4.78, 5) is 2.41. The molecule has 9 rings (SSSR count). The third-order valence-corrected chi connectivity index (χ3v) is 13.2. The van der Waals surface area contributed by atoms with E-state index in [0.29, 0.717) is 0 Å². The van der Waals surface area contributed by atoms with Gasteiger partial charge in [-0.3, -0.25) is 0 Å². The van der Waals surface area contributed by atoms with Crippen LogP contribution < -0.4 is 10.1 Å². The van der Waals surface area contributed by atoms with Crippen molar-refractivity contribution < 1.29 is 0 Å². The maximum absolute atomic E-state index is 2.45. The van der Waals surface area contributed by atoms with Crippen molar-refractivity contribution in [3.63, 3.8) is 0 Å². The highest BCUT2D eigenvalue weighted by Gasteiger charge is 2.46. The number of nitrogens with zero attached hydrogens (tertiary/aromatic N) is 1. The van der Waals surface area contributed by atoms with E-state index in [-0.39, 0.29) is 0 Å². The second-order valence-electron chi connectivity index (χ2n) is 15.4. The summed E-state index contributed by atoms with van der Waals surface area (Å²) in [6, 6.07) is 76.1. The van der Waals surface area contributed by atoms with Crippen molar-refractivity contribution in [3.05, 3.63) is 229 Å². The first-order valence-corrected chi connectivity index (χ1v) is 22.4. The van der Waals surface area contributed by atoms with E-state index in [1.54, 1.807) is 0 Å². The van der Waals surface area contributed by atoms with Crippen molar-refractivity contribution in [3.8, 4) is 33.4 Å². The van der Waals surface area contributed by atoms with Crippen LogP contribution in [0.2, 0.25) is 19.6 Å². The van der Waals surface area contributed by atoms with Crippen LogP contribution in [0.25, 0.3) is 33.4 Å². The molecule has 0 heterocycles. The molecule has 1 aliphatic rings. The van der Waals surface area contributed by atoms with Crippen LogP contribution in [-0.4, -0.2) is 8.07 Å². The fraction of sp³-hybridized carbons (Fsp3) is 0.0769. The van der Waals surface area contributed by atoms with Crippen LogP contribution in [0, 0.1) is 0 Å². The molecule has 0 radical (unpaired) electrons. The highest BCUT2D eigenvalue weighted by Crippen LogP contribution is 2.57. The Morgan fingerprint density at radius 1 is 0.352 bits per heavy atom. The van der Waals surface area contributed by atoms with Crippen LogP contribution in [0.4, 0.5) is 17.1 Å². The summed E-state index contributed by atoms with van der Waals surface area (Å²) in [6.07, 6.45) is 0. The quantitative estimate of drug-likeness (QED) is 0.142. The normalized spacial score (nSPS) is 12.9. The van der Waals surface area contributed by atoms with E-state index in [0.717, 1.165) is 17.1 Å². The molecule has 260 valence electrons. The summed E-state index contributed by atoms with van der Waals surface area (Å²) in [5.41, 5.74) is 15.5. The Labute approximate surface area is 320 Å². The SMILES string of the molecule is C[Si](C)(C)c1ccc(-c2ccc(N(c3ccc(-c4ccccc4)cc3)c3ccc4c(c3)C(c3ccccc3)(c3ccccc3)c3ccccc3-4)cc2)cc1. The van der Waals surface area contributed by atoms with E-state index in [9.17, 15) is 0 Å². The first-order valence-electron chi connectivity index (χ1n) is 18.9. The molecule has 0 fully saturated rings. The third-order valence-electron chi connectivity index (χ3n) is 11.1. The van der Waals surface area contributed by atoms with E-state index < -0.39 is 13.5 Å². The standard InChI is InChI=1S/C52H43NSi/c1-54(2,3)47-34-27-41(28-35-47)40-25-31-45(32-26-40)53(44-29-23-39(24-30-44)38-15-7-4-8-16-38)46-33-36-49-48-21-13-14-22-50(48)52(51(49)37-46,42-17-9-5-10-18-42)43-19-11-6-12-20-43/h4-37H,1-3H3. The van der Waals surface area contributed by atoms with Gasteiger partial charge in [-0.25, -0.2) is 0 Å². The highest BCUT2D eigenvalue weighted by molar-refractivity contribution is 6.88. The Balaban J connectivity index is 1.22. The summed E-state index contributed by atoms with van der Waals surface area (Å²) in [6.45, 7) is 7.21. The number of rotatable bonds is 8. The summed E-state index contributed by atoms with van der Waals surface area (Å²) in [5, 5.41) is 1.48. The average molecular weight is 710 g/mol. The Bertz CT molecular complexity index is 2490. The molecule has 0 saturated carbocycles. The van der Waals surface area contributed by atoms with E-state index in [1.807, 2.05) is 0 Å². The van der Waals surface area contributed by atoms with Crippen LogP contribution in [0.5, 0.6) is 0 Å². The maximum Gasteiger partial charge on any atom is 0.0775 e. The van der Waals surface area contributed by atoms with Crippen LogP contribution >= 0.6 is 0 Å². The fourth-order valence-electron chi connectivity index (χ4n) is 8.42. The van der Waals surface area contributed by atoms with Crippen molar-refractivity contribution in [1.82, 2.24) is 0 Å². The summed E-state index contributed by atoms with van der Waals surface area (Å²) in [7, 11) is -1.37. The molecule has 0 atom stereocenters. The Kier molecular flexibility index (Phi) is 8.49. The lowest BCUT2D eigenvalue weighted by atomic mass is 9.67. The van der Waals surface area contributed by atoms with Gasteiger partial charge in [0, 0.05) is 17.1 Å². The number of fused-ring (bicyclic) bond motifs is 3. The second kappa shape index (κ2) is 13.6. The minimum atomic E-state index is -1.37. The first kappa shape index (κ1) is 33.6. The van der Waals surface area contributed by atoms with Gasteiger partial charge in [0.15, 0.2) is 0 Å². The molecule has 0 aliphatic heterocycles. The topological polar surface area (TPSA) is 3.24 Å². The number of anilines is 3. The molecule has 54 heavy (non-hydrogen) atoms. The Morgan fingerprint density at radius 3 is 1.28 bits per heavy atom. The number of hydrogen-bond acceptors (Lipinski definition) is 1. The van der Waals surface area contributed by atoms with Crippen molar-refractivity contribution in [2.24, 2.45) is 0 Å². The molecule has 0 amide bonds. The lowest BCUT2D eigenvalue weighted by Crippen LogP contribution is -2.37. The summed E-state index contributed by atoms with van der Waals surface area (Å²) < 4.78 is 0. The van der Waals surface area contributed by atoms with Gasteiger partial charge in [0.25, 0.3) is 0 Å². The van der Waals surface area contributed by atoms with E-state index in [1.165, 1.54) is 60.8 Å². The Hall–Kier alpha value is -6.22. The van der Waals surface area contributed by atoms with Gasteiger partial charge in [-0.1, -0.05) is 195 Å². The molecular weight excluding hydrogens is 667 g/mol. The van der Waals surface area contributed by atoms with E-state index in [4.69, 9.17) is 0 Å². The average Bonchev–Trinajstić information content (AvgIpc) is 3.53. The molecule has 8 aromatic rings. The summed E-state index contributed by atoms with van der Waals surface area (Å²) in [5.74, 6) is 0. The zero-order chi connectivity index (χ0) is 36.7. The Morgan fingerprint density at radius 2 is 0.759 bits per heavy atom. The first-order chi connectivity index (χ1) is 26.4. The maximum atomic E-state index is 2.45. The van der Waals surface area contributed by atoms with Crippen molar-refractivity contribution in [2.45, 2.75) is 25.1 Å². The van der Waals surface area contributed by atoms with Gasteiger partial charge in [-0.15, -0.1) is 0 Å². The van der Waals surface area contributed by atoms with Gasteiger partial charge >= 0.3 is 0 Å². The van der Waals surface area contributed by atoms with Crippen LogP contribution in [0.15, 0.2) is 206 Å². The monoisotopic (exact) mass is 709 g/mol. The molecule has 1 aliphatic carbocycles. The lowest BCUT2D eigenvalue weighted by Gasteiger charge is -2.35. The van der Waals surface area contributed by atoms with Crippen molar-refractivity contribution >= 4 is 30.3 Å². The predicted molar refractivity (Wildman–Crippen MR) is 232 cm³/mol. The largest absolute Gasteiger partial charge is 0.310 e.